The maximum absolute atomic E-state index is 11.8. The zero-order chi connectivity index (χ0) is 17.4. The summed E-state index contributed by atoms with van der Waals surface area (Å²) in [6, 6.07) is 5.44. The number of nitrogens with one attached hydrogen (secondary N) is 2. The van der Waals surface area contributed by atoms with Crippen molar-refractivity contribution in [2.45, 2.75) is 26.2 Å². The van der Waals surface area contributed by atoms with E-state index in [2.05, 4.69) is 27.5 Å². The van der Waals surface area contributed by atoms with Crippen LogP contribution in [0.1, 0.15) is 35.8 Å². The molecular formula is C17H20Cl2N4O. The van der Waals surface area contributed by atoms with Gasteiger partial charge in [0.1, 0.15) is 11.5 Å². The Morgan fingerprint density at radius 3 is 2.67 bits per heavy atom. The Bertz CT molecular complexity index is 677. The summed E-state index contributed by atoms with van der Waals surface area (Å²) in [4.78, 5) is 20.2. The fourth-order valence-corrected chi connectivity index (χ4v) is 2.56. The van der Waals surface area contributed by atoms with E-state index >= 15 is 0 Å². The smallest absolute Gasteiger partial charge is 0.271 e. The highest BCUT2D eigenvalue weighted by Gasteiger charge is 2.07. The second-order valence-electron chi connectivity index (χ2n) is 5.31. The Morgan fingerprint density at radius 2 is 2.00 bits per heavy atom. The van der Waals surface area contributed by atoms with Crippen LogP contribution in [0.5, 0.6) is 0 Å². The first-order valence-electron chi connectivity index (χ1n) is 7.88. The molecule has 0 unspecified atom stereocenters. The first-order valence-corrected chi connectivity index (χ1v) is 8.63. The van der Waals surface area contributed by atoms with Crippen molar-refractivity contribution in [2.24, 2.45) is 0 Å². The van der Waals surface area contributed by atoms with E-state index < -0.39 is 0 Å². The highest BCUT2D eigenvalue weighted by Crippen LogP contribution is 2.21. The summed E-state index contributed by atoms with van der Waals surface area (Å²) in [5, 5.41) is 7.23. The van der Waals surface area contributed by atoms with Crippen molar-refractivity contribution < 1.29 is 4.79 Å². The molecule has 1 heterocycles. The van der Waals surface area contributed by atoms with Gasteiger partial charge in [0.25, 0.3) is 5.91 Å². The third kappa shape index (κ3) is 5.65. The lowest BCUT2D eigenvalue weighted by Crippen LogP contribution is -2.25. The van der Waals surface area contributed by atoms with Crippen molar-refractivity contribution in [3.05, 3.63) is 51.9 Å². The largest absolute Gasteiger partial charge is 0.368 e. The van der Waals surface area contributed by atoms with Gasteiger partial charge in [-0.1, -0.05) is 42.6 Å². The first kappa shape index (κ1) is 18.5. The molecule has 2 aromatic rings. The summed E-state index contributed by atoms with van der Waals surface area (Å²) in [6.07, 6.45) is 5.74. The number of amides is 1. The van der Waals surface area contributed by atoms with Crippen LogP contribution in [0.25, 0.3) is 0 Å². The number of hydrogen-bond donors (Lipinski definition) is 2. The van der Waals surface area contributed by atoms with Crippen molar-refractivity contribution in [1.82, 2.24) is 15.3 Å². The zero-order valence-corrected chi connectivity index (χ0v) is 15.0. The van der Waals surface area contributed by atoms with E-state index in [1.165, 1.54) is 6.20 Å². The predicted molar refractivity (Wildman–Crippen MR) is 97.9 cm³/mol. The Labute approximate surface area is 151 Å². The van der Waals surface area contributed by atoms with Gasteiger partial charge in [-0.2, -0.15) is 0 Å². The molecule has 0 bridgehead atoms. The van der Waals surface area contributed by atoms with Crippen LogP contribution in [0.4, 0.5) is 5.82 Å². The second kappa shape index (κ2) is 9.45. The molecule has 1 aromatic carbocycles. The normalized spacial score (nSPS) is 10.5. The number of aromatic nitrogens is 2. The SMILES string of the molecule is CCCCNC(=O)c1cnc(NCCc2ccc(Cl)cc2Cl)cn1. The molecule has 0 aliphatic rings. The molecule has 1 amide bonds. The molecule has 24 heavy (non-hydrogen) atoms. The second-order valence-corrected chi connectivity index (χ2v) is 6.15. The quantitative estimate of drug-likeness (QED) is 0.693. The average Bonchev–Trinajstić information content (AvgIpc) is 2.57. The van der Waals surface area contributed by atoms with Crippen LogP contribution >= 0.6 is 23.2 Å². The van der Waals surface area contributed by atoms with Crippen LogP contribution in [0.3, 0.4) is 0 Å². The maximum atomic E-state index is 11.8. The topological polar surface area (TPSA) is 66.9 Å². The molecular weight excluding hydrogens is 347 g/mol. The molecule has 1 aromatic heterocycles. The molecule has 0 radical (unpaired) electrons. The fourth-order valence-electron chi connectivity index (χ4n) is 2.06. The third-order valence-electron chi connectivity index (χ3n) is 3.42. The molecule has 5 nitrogen and oxygen atoms in total. The summed E-state index contributed by atoms with van der Waals surface area (Å²) < 4.78 is 0. The number of nitrogens with zero attached hydrogens (tertiary/aromatic N) is 2. The Hall–Kier alpha value is -1.85. The standard InChI is InChI=1S/C17H20Cl2N4O/c1-2-3-7-21-17(24)15-10-23-16(11-22-15)20-8-6-12-4-5-13(18)9-14(12)19/h4-5,9-11H,2-3,6-8H2,1H3,(H,20,23)(H,21,24). The zero-order valence-electron chi connectivity index (χ0n) is 13.5. The number of carbonyl (C=O) groups is 1. The van der Waals surface area contributed by atoms with Gasteiger partial charge in [0.05, 0.1) is 12.4 Å². The molecule has 0 aliphatic carbocycles. The molecule has 0 saturated carbocycles. The van der Waals surface area contributed by atoms with E-state index in [1.807, 2.05) is 12.1 Å². The van der Waals surface area contributed by atoms with Crippen LogP contribution in [-0.4, -0.2) is 29.0 Å². The number of benzene rings is 1. The molecule has 0 spiro atoms. The van der Waals surface area contributed by atoms with Gasteiger partial charge in [0.2, 0.25) is 0 Å². The maximum Gasteiger partial charge on any atom is 0.271 e. The Kier molecular flexibility index (Phi) is 7.28. The van der Waals surface area contributed by atoms with Gasteiger partial charge in [-0.15, -0.1) is 0 Å². The minimum Gasteiger partial charge on any atom is -0.368 e. The Morgan fingerprint density at radius 1 is 1.17 bits per heavy atom. The molecule has 0 fully saturated rings. The monoisotopic (exact) mass is 366 g/mol. The van der Waals surface area contributed by atoms with Crippen molar-refractivity contribution in [3.8, 4) is 0 Å². The van der Waals surface area contributed by atoms with E-state index in [-0.39, 0.29) is 5.91 Å². The number of anilines is 1. The van der Waals surface area contributed by atoms with Crippen LogP contribution in [0, 0.1) is 0 Å². The van der Waals surface area contributed by atoms with Crippen molar-refractivity contribution in [1.29, 1.82) is 0 Å². The molecule has 0 aliphatic heterocycles. The van der Waals surface area contributed by atoms with Gasteiger partial charge in [-0.25, -0.2) is 9.97 Å². The third-order valence-corrected chi connectivity index (χ3v) is 4.00. The highest BCUT2D eigenvalue weighted by molar-refractivity contribution is 6.35. The molecule has 0 atom stereocenters. The number of hydrogen-bond acceptors (Lipinski definition) is 4. The fraction of sp³-hybridized carbons (Fsp3) is 0.353. The van der Waals surface area contributed by atoms with E-state index in [9.17, 15) is 4.79 Å². The average molecular weight is 367 g/mol. The summed E-state index contributed by atoms with van der Waals surface area (Å²) in [6.45, 7) is 3.38. The van der Waals surface area contributed by atoms with Gasteiger partial charge in [-0.05, 0) is 30.5 Å². The minimum atomic E-state index is -0.199. The van der Waals surface area contributed by atoms with Gasteiger partial charge in [0.15, 0.2) is 0 Å². The van der Waals surface area contributed by atoms with Gasteiger partial charge in [-0.3, -0.25) is 4.79 Å². The summed E-state index contributed by atoms with van der Waals surface area (Å²) >= 11 is 12.0. The van der Waals surface area contributed by atoms with Gasteiger partial charge >= 0.3 is 0 Å². The predicted octanol–water partition coefficient (Wildman–Crippen LogP) is 3.97. The van der Waals surface area contributed by atoms with E-state index in [4.69, 9.17) is 23.2 Å². The number of rotatable bonds is 8. The summed E-state index contributed by atoms with van der Waals surface area (Å²) in [5.74, 6) is 0.417. The Balaban J connectivity index is 1.82. The van der Waals surface area contributed by atoms with Crippen molar-refractivity contribution in [2.75, 3.05) is 18.4 Å². The summed E-state index contributed by atoms with van der Waals surface area (Å²) in [7, 11) is 0. The van der Waals surface area contributed by atoms with Crippen molar-refractivity contribution in [3.63, 3.8) is 0 Å². The first-order chi connectivity index (χ1) is 11.6. The van der Waals surface area contributed by atoms with Gasteiger partial charge < -0.3 is 10.6 Å². The van der Waals surface area contributed by atoms with E-state index in [0.29, 0.717) is 34.6 Å². The van der Waals surface area contributed by atoms with E-state index in [0.717, 1.165) is 24.8 Å². The molecule has 0 saturated heterocycles. The number of unbranched alkanes of at least 4 members (excludes halogenated alkanes) is 1. The lowest BCUT2D eigenvalue weighted by atomic mass is 10.1. The van der Waals surface area contributed by atoms with Crippen molar-refractivity contribution >= 4 is 34.9 Å². The molecule has 2 N–H and O–H groups in total. The summed E-state index contributed by atoms with van der Waals surface area (Å²) in [5.41, 5.74) is 1.32. The van der Waals surface area contributed by atoms with Crippen LogP contribution in [-0.2, 0) is 6.42 Å². The van der Waals surface area contributed by atoms with Crippen LogP contribution in [0.15, 0.2) is 30.6 Å². The van der Waals surface area contributed by atoms with E-state index in [1.54, 1.807) is 12.3 Å². The van der Waals surface area contributed by atoms with Crippen LogP contribution < -0.4 is 10.6 Å². The lowest BCUT2D eigenvalue weighted by Gasteiger charge is -2.08. The highest BCUT2D eigenvalue weighted by atomic mass is 35.5. The minimum absolute atomic E-state index is 0.199. The number of halogens is 2. The lowest BCUT2D eigenvalue weighted by molar-refractivity contribution is 0.0948. The molecule has 128 valence electrons. The molecule has 7 heteroatoms. The molecule has 2 rings (SSSR count). The van der Waals surface area contributed by atoms with Crippen LogP contribution in [0.2, 0.25) is 10.0 Å². The van der Waals surface area contributed by atoms with Gasteiger partial charge in [0, 0.05) is 23.1 Å². The number of carbonyl (C=O) groups excluding carboxylic acids is 1.